The largest absolute Gasteiger partial charge is 0.497 e. The summed E-state index contributed by atoms with van der Waals surface area (Å²) in [4.78, 5) is 4.23. The molecule has 106 valence electrons. The van der Waals surface area contributed by atoms with E-state index >= 15 is 0 Å². The van der Waals surface area contributed by atoms with Crippen LogP contribution in [0.15, 0.2) is 54.7 Å². The Morgan fingerprint density at radius 3 is 2.33 bits per heavy atom. The monoisotopic (exact) mass is 280 g/mol. The first-order valence-corrected chi connectivity index (χ1v) is 6.64. The molecule has 0 atom stereocenters. The van der Waals surface area contributed by atoms with E-state index in [0.717, 1.165) is 27.9 Å². The minimum absolute atomic E-state index is 0.630. The van der Waals surface area contributed by atoms with E-state index in [1.807, 2.05) is 48.5 Å². The second-order valence-corrected chi connectivity index (χ2v) is 4.61. The molecule has 1 heterocycles. The van der Waals surface area contributed by atoms with Crippen molar-refractivity contribution >= 4 is 22.1 Å². The number of hydrogen-bond acceptors (Lipinski definition) is 4. The molecule has 0 spiro atoms. The third-order valence-electron chi connectivity index (χ3n) is 3.30. The Kier molecular flexibility index (Phi) is 3.60. The molecular formula is C17H16N2O2. The summed E-state index contributed by atoms with van der Waals surface area (Å²) < 4.78 is 10.5. The van der Waals surface area contributed by atoms with Gasteiger partial charge in [0.05, 0.1) is 14.2 Å². The van der Waals surface area contributed by atoms with Gasteiger partial charge in [-0.25, -0.2) is 4.98 Å². The minimum Gasteiger partial charge on any atom is -0.497 e. The maximum atomic E-state index is 5.31. The maximum Gasteiger partial charge on any atom is 0.221 e. The number of ether oxygens (including phenoxy) is 2. The van der Waals surface area contributed by atoms with E-state index in [1.165, 1.54) is 0 Å². The predicted molar refractivity (Wildman–Crippen MR) is 84.6 cm³/mol. The number of fused-ring (bicyclic) bond motifs is 1. The van der Waals surface area contributed by atoms with Crippen LogP contribution < -0.4 is 14.8 Å². The van der Waals surface area contributed by atoms with Gasteiger partial charge in [0, 0.05) is 23.0 Å². The van der Waals surface area contributed by atoms with Crippen molar-refractivity contribution < 1.29 is 9.47 Å². The zero-order valence-corrected chi connectivity index (χ0v) is 12.0. The number of nitrogens with one attached hydrogen (secondary N) is 1. The van der Waals surface area contributed by atoms with Gasteiger partial charge in [-0.15, -0.1) is 0 Å². The summed E-state index contributed by atoms with van der Waals surface area (Å²) in [5, 5.41) is 5.44. The number of nitrogens with zero attached hydrogens (tertiary/aromatic N) is 1. The third kappa shape index (κ3) is 2.74. The van der Waals surface area contributed by atoms with Gasteiger partial charge < -0.3 is 14.8 Å². The number of benzene rings is 2. The Labute approximate surface area is 123 Å². The van der Waals surface area contributed by atoms with Gasteiger partial charge >= 0.3 is 0 Å². The molecule has 0 saturated carbocycles. The second-order valence-electron chi connectivity index (χ2n) is 4.61. The molecule has 0 unspecified atom stereocenters. The molecule has 0 aliphatic heterocycles. The first-order valence-electron chi connectivity index (χ1n) is 6.64. The molecule has 1 aromatic heterocycles. The predicted octanol–water partition coefficient (Wildman–Crippen LogP) is 4.00. The molecule has 4 nitrogen and oxygen atoms in total. The fraction of sp³-hybridized carbons (Fsp3) is 0.118. The number of pyridine rings is 1. The molecule has 0 fully saturated rings. The molecule has 3 rings (SSSR count). The first-order chi connectivity index (χ1) is 10.3. The van der Waals surface area contributed by atoms with Crippen LogP contribution in [0.25, 0.3) is 10.8 Å². The quantitative estimate of drug-likeness (QED) is 0.784. The molecule has 0 saturated heterocycles. The van der Waals surface area contributed by atoms with Gasteiger partial charge in [0.2, 0.25) is 5.88 Å². The van der Waals surface area contributed by atoms with Gasteiger partial charge in [-0.3, -0.25) is 0 Å². The van der Waals surface area contributed by atoms with Gasteiger partial charge in [-0.1, -0.05) is 6.07 Å². The van der Waals surface area contributed by atoms with E-state index in [2.05, 4.69) is 10.3 Å². The highest BCUT2D eigenvalue weighted by Crippen LogP contribution is 2.28. The van der Waals surface area contributed by atoms with Gasteiger partial charge in [-0.2, -0.15) is 0 Å². The third-order valence-corrected chi connectivity index (χ3v) is 3.30. The zero-order valence-electron chi connectivity index (χ0n) is 12.0. The summed E-state index contributed by atoms with van der Waals surface area (Å²) >= 11 is 0. The molecule has 1 N–H and O–H groups in total. The fourth-order valence-corrected chi connectivity index (χ4v) is 2.22. The average Bonchev–Trinajstić information content (AvgIpc) is 2.55. The van der Waals surface area contributed by atoms with Crippen LogP contribution in [-0.2, 0) is 0 Å². The topological polar surface area (TPSA) is 43.4 Å². The second kappa shape index (κ2) is 5.71. The summed E-state index contributed by atoms with van der Waals surface area (Å²) in [6, 6.07) is 15.9. The Hall–Kier alpha value is -2.75. The summed E-state index contributed by atoms with van der Waals surface area (Å²) in [6.45, 7) is 0. The van der Waals surface area contributed by atoms with E-state index in [-0.39, 0.29) is 0 Å². The average molecular weight is 280 g/mol. The lowest BCUT2D eigenvalue weighted by Gasteiger charge is -2.10. The lowest BCUT2D eigenvalue weighted by atomic mass is 10.1. The Balaban J connectivity index is 1.93. The molecule has 0 aliphatic rings. The van der Waals surface area contributed by atoms with E-state index in [4.69, 9.17) is 9.47 Å². The van der Waals surface area contributed by atoms with Crippen molar-refractivity contribution in [2.75, 3.05) is 19.5 Å². The van der Waals surface area contributed by atoms with Gasteiger partial charge in [0.15, 0.2) is 0 Å². The van der Waals surface area contributed by atoms with Crippen LogP contribution in [0.4, 0.5) is 11.4 Å². The molecular weight excluding hydrogens is 264 g/mol. The molecule has 4 heteroatoms. The van der Waals surface area contributed by atoms with Gasteiger partial charge in [0.25, 0.3) is 0 Å². The van der Waals surface area contributed by atoms with Crippen molar-refractivity contribution in [3.05, 3.63) is 54.7 Å². The van der Waals surface area contributed by atoms with Crippen LogP contribution in [0.1, 0.15) is 0 Å². The standard InChI is InChI=1S/C17H16N2O2/c1-20-15-7-5-13(6-8-15)19-14-4-3-12-9-10-18-17(21-2)16(12)11-14/h3-11,19H,1-2H3. The van der Waals surface area contributed by atoms with E-state index in [1.54, 1.807) is 20.4 Å². The van der Waals surface area contributed by atoms with Gasteiger partial charge in [-0.05, 0) is 47.9 Å². The van der Waals surface area contributed by atoms with Crippen molar-refractivity contribution in [1.29, 1.82) is 0 Å². The Morgan fingerprint density at radius 2 is 1.62 bits per heavy atom. The molecule has 0 amide bonds. The van der Waals surface area contributed by atoms with E-state index < -0.39 is 0 Å². The number of aromatic nitrogens is 1. The lowest BCUT2D eigenvalue weighted by Crippen LogP contribution is -1.92. The number of hydrogen-bond donors (Lipinski definition) is 1. The minimum atomic E-state index is 0.630. The molecule has 3 aromatic rings. The molecule has 0 radical (unpaired) electrons. The summed E-state index contributed by atoms with van der Waals surface area (Å²) in [5.74, 6) is 1.47. The SMILES string of the molecule is COc1ccc(Nc2ccc3ccnc(OC)c3c2)cc1. The molecule has 21 heavy (non-hydrogen) atoms. The Bertz CT molecular complexity index is 754. The summed E-state index contributed by atoms with van der Waals surface area (Å²) in [7, 11) is 3.29. The van der Waals surface area contributed by atoms with E-state index in [9.17, 15) is 0 Å². The number of rotatable bonds is 4. The van der Waals surface area contributed by atoms with Crippen LogP contribution in [0.2, 0.25) is 0 Å². The molecule has 2 aromatic carbocycles. The first kappa shape index (κ1) is 13.2. The van der Waals surface area contributed by atoms with Crippen molar-refractivity contribution in [3.8, 4) is 11.6 Å². The van der Waals surface area contributed by atoms with Crippen molar-refractivity contribution in [1.82, 2.24) is 4.98 Å². The van der Waals surface area contributed by atoms with Crippen LogP contribution in [0, 0.1) is 0 Å². The maximum absolute atomic E-state index is 5.31. The van der Waals surface area contributed by atoms with Gasteiger partial charge in [0.1, 0.15) is 5.75 Å². The van der Waals surface area contributed by atoms with E-state index in [0.29, 0.717) is 5.88 Å². The van der Waals surface area contributed by atoms with Crippen LogP contribution in [-0.4, -0.2) is 19.2 Å². The van der Waals surface area contributed by atoms with Crippen LogP contribution in [0.3, 0.4) is 0 Å². The van der Waals surface area contributed by atoms with Crippen molar-refractivity contribution in [2.45, 2.75) is 0 Å². The smallest absolute Gasteiger partial charge is 0.221 e. The highest BCUT2D eigenvalue weighted by Gasteiger charge is 2.04. The molecule has 0 aliphatic carbocycles. The molecule has 0 bridgehead atoms. The van der Waals surface area contributed by atoms with Crippen molar-refractivity contribution in [2.24, 2.45) is 0 Å². The van der Waals surface area contributed by atoms with Crippen LogP contribution in [0.5, 0.6) is 11.6 Å². The normalized spacial score (nSPS) is 10.4. The fourth-order valence-electron chi connectivity index (χ4n) is 2.22. The Morgan fingerprint density at radius 1 is 0.857 bits per heavy atom. The van der Waals surface area contributed by atoms with Crippen LogP contribution >= 0.6 is 0 Å². The van der Waals surface area contributed by atoms with Crippen molar-refractivity contribution in [3.63, 3.8) is 0 Å². The highest BCUT2D eigenvalue weighted by molar-refractivity contribution is 5.90. The zero-order chi connectivity index (χ0) is 14.7. The highest BCUT2D eigenvalue weighted by atomic mass is 16.5. The number of methoxy groups -OCH3 is 2. The number of anilines is 2. The summed E-state index contributed by atoms with van der Waals surface area (Å²) in [5.41, 5.74) is 1.98. The lowest BCUT2D eigenvalue weighted by molar-refractivity contribution is 0.403. The summed E-state index contributed by atoms with van der Waals surface area (Å²) in [6.07, 6.45) is 1.75.